The third-order valence-electron chi connectivity index (χ3n) is 5.16. The Bertz CT molecular complexity index is 792. The van der Waals surface area contributed by atoms with Gasteiger partial charge in [-0.25, -0.2) is 4.39 Å². The van der Waals surface area contributed by atoms with Crippen molar-refractivity contribution in [3.8, 4) is 0 Å². The normalized spacial score (nSPS) is 19.6. The highest BCUT2D eigenvalue weighted by atomic mass is 19.1. The van der Waals surface area contributed by atoms with E-state index in [9.17, 15) is 14.0 Å². The number of halogens is 1. The van der Waals surface area contributed by atoms with Gasteiger partial charge in [0.1, 0.15) is 5.82 Å². The molecule has 0 aliphatic carbocycles. The molecule has 0 spiro atoms. The molecule has 0 saturated carbocycles. The number of carbonyl (C=O) groups excluding carboxylic acids is 2. The van der Waals surface area contributed by atoms with E-state index in [-0.39, 0.29) is 24.1 Å². The maximum absolute atomic E-state index is 13.0. The molecule has 0 bridgehead atoms. The summed E-state index contributed by atoms with van der Waals surface area (Å²) in [6.07, 6.45) is 1.78. The maximum atomic E-state index is 13.0. The predicted octanol–water partition coefficient (Wildman–Crippen LogP) is 3.31. The van der Waals surface area contributed by atoms with E-state index >= 15 is 0 Å². The second-order valence-electron chi connectivity index (χ2n) is 7.45. The number of carbonyl (C=O) groups is 2. The second-order valence-corrected chi connectivity index (χ2v) is 7.45. The van der Waals surface area contributed by atoms with Crippen molar-refractivity contribution in [1.29, 1.82) is 0 Å². The fraction of sp³-hybridized carbons (Fsp3) is 0.364. The van der Waals surface area contributed by atoms with Gasteiger partial charge in [0.25, 0.3) is 0 Å². The SMILES string of the molecule is C[C@@]1(C(=O)NCc2ccccc2)CCCN(C(=O)Cc2ccc(F)cc2)C1. The van der Waals surface area contributed by atoms with Gasteiger partial charge in [0, 0.05) is 19.6 Å². The van der Waals surface area contributed by atoms with Crippen LogP contribution in [-0.2, 0) is 22.6 Å². The number of benzene rings is 2. The van der Waals surface area contributed by atoms with Crippen molar-refractivity contribution in [3.05, 3.63) is 71.5 Å². The number of nitrogens with zero attached hydrogens (tertiary/aromatic N) is 1. The molecule has 0 radical (unpaired) electrons. The second kappa shape index (κ2) is 8.33. The summed E-state index contributed by atoms with van der Waals surface area (Å²) < 4.78 is 13.0. The first kappa shape index (κ1) is 19.1. The monoisotopic (exact) mass is 368 g/mol. The molecule has 1 atom stereocenters. The van der Waals surface area contributed by atoms with E-state index < -0.39 is 5.41 Å². The summed E-state index contributed by atoms with van der Waals surface area (Å²) in [4.78, 5) is 27.2. The topological polar surface area (TPSA) is 49.4 Å². The molecule has 3 rings (SSSR count). The van der Waals surface area contributed by atoms with Gasteiger partial charge >= 0.3 is 0 Å². The van der Waals surface area contributed by atoms with E-state index in [0.717, 1.165) is 24.0 Å². The number of amides is 2. The maximum Gasteiger partial charge on any atom is 0.227 e. The average molecular weight is 368 g/mol. The third-order valence-corrected chi connectivity index (χ3v) is 5.16. The van der Waals surface area contributed by atoms with Crippen molar-refractivity contribution in [2.24, 2.45) is 5.41 Å². The molecule has 2 aromatic carbocycles. The zero-order valence-corrected chi connectivity index (χ0v) is 15.6. The van der Waals surface area contributed by atoms with Crippen molar-refractivity contribution in [2.45, 2.75) is 32.7 Å². The van der Waals surface area contributed by atoms with Gasteiger partial charge in [-0.3, -0.25) is 9.59 Å². The summed E-state index contributed by atoms with van der Waals surface area (Å²) in [5.41, 5.74) is 1.24. The van der Waals surface area contributed by atoms with Crippen LogP contribution in [0.5, 0.6) is 0 Å². The van der Waals surface area contributed by atoms with Crippen molar-refractivity contribution < 1.29 is 14.0 Å². The van der Waals surface area contributed by atoms with Crippen LogP contribution in [0.3, 0.4) is 0 Å². The molecule has 1 aliphatic rings. The third kappa shape index (κ3) is 4.94. The molecule has 1 aliphatic heterocycles. The Kier molecular flexibility index (Phi) is 5.89. The van der Waals surface area contributed by atoms with Crippen LogP contribution in [0.25, 0.3) is 0 Å². The first-order valence-electron chi connectivity index (χ1n) is 9.31. The Labute approximate surface area is 159 Å². The van der Waals surface area contributed by atoms with Crippen molar-refractivity contribution >= 4 is 11.8 Å². The molecular formula is C22H25FN2O2. The largest absolute Gasteiger partial charge is 0.351 e. The molecular weight excluding hydrogens is 343 g/mol. The van der Waals surface area contributed by atoms with Gasteiger partial charge in [-0.2, -0.15) is 0 Å². The van der Waals surface area contributed by atoms with Gasteiger partial charge in [-0.05, 0) is 43.0 Å². The van der Waals surface area contributed by atoms with Gasteiger partial charge in [0.05, 0.1) is 11.8 Å². The minimum atomic E-state index is -0.592. The van der Waals surface area contributed by atoms with Gasteiger partial charge in [0.15, 0.2) is 0 Å². The summed E-state index contributed by atoms with van der Waals surface area (Å²) >= 11 is 0. The minimum Gasteiger partial charge on any atom is -0.351 e. The van der Waals surface area contributed by atoms with Crippen molar-refractivity contribution in [1.82, 2.24) is 10.2 Å². The molecule has 1 saturated heterocycles. The zero-order valence-electron chi connectivity index (χ0n) is 15.6. The number of rotatable bonds is 5. The van der Waals surface area contributed by atoms with E-state index in [1.165, 1.54) is 12.1 Å². The lowest BCUT2D eigenvalue weighted by Gasteiger charge is -2.39. The lowest BCUT2D eigenvalue weighted by Crippen LogP contribution is -2.52. The standard InChI is InChI=1S/C22H25FN2O2/c1-22(21(27)24-15-18-6-3-2-4-7-18)12-5-13-25(16-22)20(26)14-17-8-10-19(23)11-9-17/h2-4,6-11H,5,12-16H2,1H3,(H,24,27)/t22-/m1/s1. The first-order valence-corrected chi connectivity index (χ1v) is 9.31. The molecule has 4 nitrogen and oxygen atoms in total. The lowest BCUT2D eigenvalue weighted by molar-refractivity contribution is -0.140. The van der Waals surface area contributed by atoms with Crippen LogP contribution in [0.1, 0.15) is 30.9 Å². The molecule has 0 unspecified atom stereocenters. The number of hydrogen-bond acceptors (Lipinski definition) is 2. The van der Waals surface area contributed by atoms with Crippen LogP contribution in [0, 0.1) is 11.2 Å². The van der Waals surface area contributed by atoms with Gasteiger partial charge < -0.3 is 10.2 Å². The lowest BCUT2D eigenvalue weighted by atomic mass is 9.80. The predicted molar refractivity (Wildman–Crippen MR) is 102 cm³/mol. The smallest absolute Gasteiger partial charge is 0.227 e. The van der Waals surface area contributed by atoms with Gasteiger partial charge in [-0.15, -0.1) is 0 Å². The van der Waals surface area contributed by atoms with Crippen molar-refractivity contribution in [2.75, 3.05) is 13.1 Å². The van der Waals surface area contributed by atoms with Crippen LogP contribution >= 0.6 is 0 Å². The van der Waals surface area contributed by atoms with Crippen LogP contribution in [0.4, 0.5) is 4.39 Å². The van der Waals surface area contributed by atoms with Gasteiger partial charge in [-0.1, -0.05) is 42.5 Å². The fourth-order valence-electron chi connectivity index (χ4n) is 3.52. The number of piperidine rings is 1. The minimum absolute atomic E-state index is 0.0226. The first-order chi connectivity index (χ1) is 13.0. The van der Waals surface area contributed by atoms with Crippen LogP contribution < -0.4 is 5.32 Å². The summed E-state index contributed by atoms with van der Waals surface area (Å²) in [7, 11) is 0. The number of hydrogen-bond donors (Lipinski definition) is 1. The Morgan fingerprint density at radius 3 is 2.48 bits per heavy atom. The molecule has 2 amide bonds. The molecule has 1 fully saturated rings. The highest BCUT2D eigenvalue weighted by molar-refractivity contribution is 5.84. The molecule has 27 heavy (non-hydrogen) atoms. The van der Waals surface area contributed by atoms with Gasteiger partial charge in [0.2, 0.25) is 11.8 Å². The highest BCUT2D eigenvalue weighted by Crippen LogP contribution is 2.30. The van der Waals surface area contributed by atoms with E-state index in [1.807, 2.05) is 37.3 Å². The van der Waals surface area contributed by atoms with Crippen LogP contribution in [0.2, 0.25) is 0 Å². The Morgan fingerprint density at radius 1 is 1.07 bits per heavy atom. The molecule has 2 aromatic rings. The quantitative estimate of drug-likeness (QED) is 0.880. The fourth-order valence-corrected chi connectivity index (χ4v) is 3.52. The van der Waals surface area contributed by atoms with E-state index in [2.05, 4.69) is 5.32 Å². The molecule has 0 aromatic heterocycles. The highest BCUT2D eigenvalue weighted by Gasteiger charge is 2.39. The summed E-state index contributed by atoms with van der Waals surface area (Å²) in [5.74, 6) is -0.360. The summed E-state index contributed by atoms with van der Waals surface area (Å²) in [6, 6.07) is 15.8. The Hall–Kier alpha value is -2.69. The number of likely N-dealkylation sites (tertiary alicyclic amines) is 1. The van der Waals surface area contributed by atoms with E-state index in [4.69, 9.17) is 0 Å². The van der Waals surface area contributed by atoms with Crippen LogP contribution in [-0.4, -0.2) is 29.8 Å². The molecule has 5 heteroatoms. The van der Waals surface area contributed by atoms with Crippen LogP contribution in [0.15, 0.2) is 54.6 Å². The van der Waals surface area contributed by atoms with E-state index in [1.54, 1.807) is 17.0 Å². The van der Waals surface area contributed by atoms with Crippen molar-refractivity contribution in [3.63, 3.8) is 0 Å². The zero-order chi connectivity index (χ0) is 19.3. The molecule has 1 N–H and O–H groups in total. The average Bonchev–Trinajstić information content (AvgIpc) is 2.68. The number of nitrogens with one attached hydrogen (secondary N) is 1. The molecule has 142 valence electrons. The van der Waals surface area contributed by atoms with E-state index in [0.29, 0.717) is 19.6 Å². The molecule has 1 heterocycles. The summed E-state index contributed by atoms with van der Waals surface area (Å²) in [5, 5.41) is 3.01. The Balaban J connectivity index is 1.58. The summed E-state index contributed by atoms with van der Waals surface area (Å²) in [6.45, 7) is 3.47. The Morgan fingerprint density at radius 2 is 1.78 bits per heavy atom.